The molecular formula is C17H23NO2. The lowest BCUT2D eigenvalue weighted by Crippen LogP contribution is -2.39. The normalized spacial score (nSPS) is 23.6. The van der Waals surface area contributed by atoms with Gasteiger partial charge in [-0.2, -0.15) is 0 Å². The summed E-state index contributed by atoms with van der Waals surface area (Å²) in [6, 6.07) is 8.18. The molecular weight excluding hydrogens is 250 g/mol. The van der Waals surface area contributed by atoms with Gasteiger partial charge < -0.3 is 14.5 Å². The minimum Gasteiger partial charge on any atom is -0.464 e. The maximum atomic E-state index is 5.98. The van der Waals surface area contributed by atoms with Crippen molar-refractivity contribution in [3.05, 3.63) is 36.1 Å². The van der Waals surface area contributed by atoms with Gasteiger partial charge in [0.25, 0.3) is 0 Å². The molecule has 1 saturated heterocycles. The third kappa shape index (κ3) is 2.74. The van der Waals surface area contributed by atoms with Gasteiger partial charge in [-0.1, -0.05) is 18.2 Å². The van der Waals surface area contributed by atoms with Crippen LogP contribution in [0.2, 0.25) is 0 Å². The molecule has 0 spiro atoms. The summed E-state index contributed by atoms with van der Waals surface area (Å²) < 4.78 is 11.6. The molecule has 108 valence electrons. The van der Waals surface area contributed by atoms with Crippen molar-refractivity contribution in [3.63, 3.8) is 0 Å². The molecule has 1 aliphatic heterocycles. The molecule has 2 heterocycles. The topological polar surface area (TPSA) is 34.4 Å². The lowest BCUT2D eigenvalue weighted by molar-refractivity contribution is 0.0894. The van der Waals surface area contributed by atoms with Crippen LogP contribution in [0.3, 0.4) is 0 Å². The smallest absolute Gasteiger partial charge is 0.134 e. The van der Waals surface area contributed by atoms with E-state index in [0.29, 0.717) is 5.92 Å². The minimum atomic E-state index is 0.144. The van der Waals surface area contributed by atoms with Crippen LogP contribution in [0.4, 0.5) is 0 Å². The summed E-state index contributed by atoms with van der Waals surface area (Å²) in [5.74, 6) is 0.509. The van der Waals surface area contributed by atoms with Gasteiger partial charge in [0.15, 0.2) is 0 Å². The Bertz CT molecular complexity index is 582. The predicted molar refractivity (Wildman–Crippen MR) is 80.8 cm³/mol. The lowest BCUT2D eigenvalue weighted by Gasteiger charge is -2.25. The maximum absolute atomic E-state index is 5.98. The van der Waals surface area contributed by atoms with E-state index >= 15 is 0 Å². The van der Waals surface area contributed by atoms with E-state index in [1.54, 1.807) is 0 Å². The first kappa shape index (κ1) is 13.7. The summed E-state index contributed by atoms with van der Waals surface area (Å²) in [5, 5.41) is 4.77. The zero-order valence-corrected chi connectivity index (χ0v) is 12.5. The molecule has 0 amide bonds. The van der Waals surface area contributed by atoms with Gasteiger partial charge in [0.2, 0.25) is 0 Å². The average Bonchev–Trinajstić information content (AvgIpc) is 3.01. The van der Waals surface area contributed by atoms with Gasteiger partial charge in [-0.25, -0.2) is 0 Å². The molecule has 0 saturated carbocycles. The molecule has 3 heteroatoms. The van der Waals surface area contributed by atoms with E-state index < -0.39 is 0 Å². The monoisotopic (exact) mass is 273 g/mol. The van der Waals surface area contributed by atoms with E-state index in [2.05, 4.69) is 38.2 Å². The molecule has 2 aromatic rings. The second-order valence-corrected chi connectivity index (χ2v) is 6.66. The highest BCUT2D eigenvalue weighted by molar-refractivity contribution is 5.81. The summed E-state index contributed by atoms with van der Waals surface area (Å²) in [6.45, 7) is 8.41. The molecule has 20 heavy (non-hydrogen) atoms. The van der Waals surface area contributed by atoms with Crippen LogP contribution in [0.1, 0.15) is 38.9 Å². The quantitative estimate of drug-likeness (QED) is 0.921. The Morgan fingerprint density at radius 3 is 2.85 bits per heavy atom. The summed E-state index contributed by atoms with van der Waals surface area (Å²) >= 11 is 0. The van der Waals surface area contributed by atoms with E-state index in [9.17, 15) is 0 Å². The van der Waals surface area contributed by atoms with E-state index in [-0.39, 0.29) is 11.6 Å². The van der Waals surface area contributed by atoms with Crippen LogP contribution in [-0.2, 0) is 4.74 Å². The third-order valence-electron chi connectivity index (χ3n) is 3.93. The molecule has 3 rings (SSSR count). The highest BCUT2D eigenvalue weighted by atomic mass is 16.5. The molecule has 0 aliphatic carbocycles. The van der Waals surface area contributed by atoms with Gasteiger partial charge in [0, 0.05) is 35.6 Å². The van der Waals surface area contributed by atoms with Crippen molar-refractivity contribution in [1.82, 2.24) is 5.32 Å². The third-order valence-corrected chi connectivity index (χ3v) is 3.93. The number of hydrogen-bond donors (Lipinski definition) is 1. The number of para-hydroxylation sites is 1. The minimum absolute atomic E-state index is 0.144. The summed E-state index contributed by atoms with van der Waals surface area (Å²) in [4.78, 5) is 0. The van der Waals surface area contributed by atoms with Gasteiger partial charge in [-0.15, -0.1) is 0 Å². The van der Waals surface area contributed by atoms with Crippen molar-refractivity contribution in [2.75, 3.05) is 13.2 Å². The summed E-state index contributed by atoms with van der Waals surface area (Å²) in [7, 11) is 0. The predicted octanol–water partition coefficient (Wildman–Crippen LogP) is 3.90. The Morgan fingerprint density at radius 2 is 2.05 bits per heavy atom. The highest BCUT2D eigenvalue weighted by Crippen LogP contribution is 2.38. The fourth-order valence-corrected chi connectivity index (χ4v) is 2.84. The molecule has 1 aromatic heterocycles. The van der Waals surface area contributed by atoms with Gasteiger partial charge in [0.1, 0.15) is 5.58 Å². The van der Waals surface area contributed by atoms with Crippen LogP contribution >= 0.6 is 0 Å². The largest absolute Gasteiger partial charge is 0.464 e. The maximum Gasteiger partial charge on any atom is 0.134 e. The standard InChI is InChI=1S/C17H23NO2/c1-17(2,3)18-10-12-8-9-19-16(12)14-11-20-15-7-5-4-6-13(14)15/h4-7,11-12,16,18H,8-10H2,1-3H3. The second-order valence-electron chi connectivity index (χ2n) is 6.66. The van der Waals surface area contributed by atoms with Gasteiger partial charge >= 0.3 is 0 Å². The Balaban J connectivity index is 1.81. The lowest BCUT2D eigenvalue weighted by atomic mass is 9.94. The average molecular weight is 273 g/mol. The molecule has 1 fully saturated rings. The molecule has 3 nitrogen and oxygen atoms in total. The fraction of sp³-hybridized carbons (Fsp3) is 0.529. The van der Waals surface area contributed by atoms with Crippen LogP contribution in [0.5, 0.6) is 0 Å². The first-order valence-corrected chi connectivity index (χ1v) is 7.37. The molecule has 2 atom stereocenters. The van der Waals surface area contributed by atoms with Gasteiger partial charge in [0.05, 0.1) is 12.4 Å². The van der Waals surface area contributed by atoms with E-state index in [1.807, 2.05) is 18.4 Å². The number of furan rings is 1. The molecule has 0 bridgehead atoms. The number of fused-ring (bicyclic) bond motifs is 1. The first-order valence-electron chi connectivity index (χ1n) is 7.37. The van der Waals surface area contributed by atoms with Gasteiger partial charge in [-0.05, 0) is 33.3 Å². The number of nitrogens with one attached hydrogen (secondary N) is 1. The second kappa shape index (κ2) is 5.23. The van der Waals surface area contributed by atoms with Crippen LogP contribution in [0, 0.1) is 5.92 Å². The van der Waals surface area contributed by atoms with Crippen molar-refractivity contribution in [3.8, 4) is 0 Å². The number of hydrogen-bond acceptors (Lipinski definition) is 3. The van der Waals surface area contributed by atoms with Crippen LogP contribution in [-0.4, -0.2) is 18.7 Å². The van der Waals surface area contributed by atoms with Crippen LogP contribution < -0.4 is 5.32 Å². The Hall–Kier alpha value is -1.32. The SMILES string of the molecule is CC(C)(C)NCC1CCOC1c1coc2ccccc12. The van der Waals surface area contributed by atoms with Crippen molar-refractivity contribution in [2.45, 2.75) is 38.8 Å². The van der Waals surface area contributed by atoms with Crippen LogP contribution in [0.15, 0.2) is 34.9 Å². The Kier molecular flexibility index (Phi) is 3.57. The number of benzene rings is 1. The summed E-state index contributed by atoms with van der Waals surface area (Å²) in [5.41, 5.74) is 2.28. The van der Waals surface area contributed by atoms with Crippen molar-refractivity contribution < 1.29 is 9.15 Å². The van der Waals surface area contributed by atoms with E-state index in [0.717, 1.165) is 25.2 Å². The van der Waals surface area contributed by atoms with Crippen molar-refractivity contribution in [2.24, 2.45) is 5.92 Å². The summed E-state index contributed by atoms with van der Waals surface area (Å²) in [6.07, 6.45) is 3.12. The van der Waals surface area contributed by atoms with Crippen molar-refractivity contribution in [1.29, 1.82) is 0 Å². The number of ether oxygens (including phenoxy) is 1. The van der Waals surface area contributed by atoms with Gasteiger partial charge in [-0.3, -0.25) is 0 Å². The fourth-order valence-electron chi connectivity index (χ4n) is 2.84. The van der Waals surface area contributed by atoms with Crippen molar-refractivity contribution >= 4 is 11.0 Å². The molecule has 1 aromatic carbocycles. The Labute approximate surface area is 120 Å². The first-order chi connectivity index (χ1) is 9.54. The van der Waals surface area contributed by atoms with Crippen LogP contribution in [0.25, 0.3) is 11.0 Å². The zero-order valence-electron chi connectivity index (χ0n) is 12.5. The number of rotatable bonds is 3. The zero-order chi connectivity index (χ0) is 14.2. The molecule has 2 unspecified atom stereocenters. The highest BCUT2D eigenvalue weighted by Gasteiger charge is 2.32. The van der Waals surface area contributed by atoms with E-state index in [4.69, 9.17) is 9.15 Å². The Morgan fingerprint density at radius 1 is 1.25 bits per heavy atom. The molecule has 1 aliphatic rings. The molecule has 1 N–H and O–H groups in total. The molecule has 0 radical (unpaired) electrons. The van der Waals surface area contributed by atoms with E-state index in [1.165, 1.54) is 10.9 Å².